The monoisotopic (exact) mass is 1240 g/mol. The molecule has 5 rings (SSSR count). The first-order valence-corrected chi connectivity index (χ1v) is 27.4. The molecule has 0 saturated carbocycles. The Bertz CT molecular complexity index is 2170. The van der Waals surface area contributed by atoms with E-state index < -0.39 is 265 Å². The third-order valence-electron chi connectivity index (χ3n) is 14.5. The maximum Gasteiger partial charge on any atom is 0.229 e. The van der Waals surface area contributed by atoms with Gasteiger partial charge in [-0.3, -0.25) is 9.59 Å². The number of carbonyl (C=O) groups excluding carboxylic acids is 2. The molecule has 5 aliphatic rings. The summed E-state index contributed by atoms with van der Waals surface area (Å²) in [5, 5.41) is 213. The Morgan fingerprint density at radius 3 is 1.49 bits per heavy atom. The molecule has 5 aliphatic heterocycles. The van der Waals surface area contributed by atoms with Crippen molar-refractivity contribution in [2.24, 2.45) is 0 Å². The molecule has 0 spiro atoms. The first-order chi connectivity index (χ1) is 39.9. The molecule has 21 N–H and O–H groups in total. The summed E-state index contributed by atoms with van der Waals surface area (Å²) in [6, 6.07) is -3.59. The minimum absolute atomic E-state index is 0.403. The van der Waals surface area contributed by atoms with Crippen LogP contribution in [0.4, 0.5) is 0 Å². The van der Waals surface area contributed by atoms with Gasteiger partial charge in [-0.1, -0.05) is 0 Å². The van der Waals surface area contributed by atoms with Crippen LogP contribution in [0.25, 0.3) is 0 Å². The Labute approximate surface area is 486 Å². The van der Waals surface area contributed by atoms with Gasteiger partial charge in [0.1, 0.15) is 109 Å². The molecule has 35 heteroatoms. The van der Waals surface area contributed by atoms with Crippen LogP contribution in [0, 0.1) is 0 Å². The lowest BCUT2D eigenvalue weighted by atomic mass is 9.88. The number of aliphatic hydroxyl groups excluding tert-OH is 18. The fraction of sp³-hybridized carbons (Fsp3) is 0.880. The summed E-state index contributed by atoms with van der Waals surface area (Å²) in [5.74, 6) is -6.95. The molecule has 15 unspecified atom stereocenters. The van der Waals surface area contributed by atoms with Crippen molar-refractivity contribution in [3.05, 3.63) is 23.0 Å². The van der Waals surface area contributed by atoms with Crippen molar-refractivity contribution in [3.63, 3.8) is 0 Å². The fourth-order valence-electron chi connectivity index (χ4n) is 10.1. The number of aliphatic hydroxyl groups is 19. The van der Waals surface area contributed by atoms with Crippen molar-refractivity contribution < 1.29 is 163 Å². The van der Waals surface area contributed by atoms with Gasteiger partial charge < -0.3 is 164 Å². The summed E-state index contributed by atoms with van der Waals surface area (Å²) in [6.45, 7) is 4.07. The molecule has 2 amide bonds. The first-order valence-electron chi connectivity index (χ1n) is 27.4. The van der Waals surface area contributed by atoms with Gasteiger partial charge in [-0.25, -0.2) is 0 Å². The zero-order valence-electron chi connectivity index (χ0n) is 47.5. The van der Waals surface area contributed by atoms with Crippen LogP contribution in [0.2, 0.25) is 0 Å². The average molecular weight is 1240 g/mol. The molecule has 0 aliphatic carbocycles. The van der Waals surface area contributed by atoms with E-state index >= 15 is 0 Å². The summed E-state index contributed by atoms with van der Waals surface area (Å²) in [4.78, 5) is 26.0. The minimum Gasteiger partial charge on any atom is -0.506 e. The van der Waals surface area contributed by atoms with Gasteiger partial charge in [0.2, 0.25) is 37.0 Å². The number of carbonyl (C=O) groups is 2. The highest BCUT2D eigenvalue weighted by Crippen LogP contribution is 2.39. The van der Waals surface area contributed by atoms with Crippen LogP contribution in [0.5, 0.6) is 0 Å². The smallest absolute Gasteiger partial charge is 0.229 e. The van der Waals surface area contributed by atoms with Crippen LogP contribution in [0.1, 0.15) is 67.7 Å². The molecule has 28 atom stereocenters. The molecule has 85 heavy (non-hydrogen) atoms. The van der Waals surface area contributed by atoms with Gasteiger partial charge in [-0.15, -0.1) is 0 Å². The Hall–Kier alpha value is -3.46. The summed E-state index contributed by atoms with van der Waals surface area (Å²) in [5.41, 5.74) is -2.38. The maximum atomic E-state index is 13.3. The summed E-state index contributed by atoms with van der Waals surface area (Å²) < 4.78 is 70.7. The van der Waals surface area contributed by atoms with E-state index in [4.69, 9.17) is 56.8 Å². The predicted molar refractivity (Wildman–Crippen MR) is 273 cm³/mol. The summed E-state index contributed by atoms with van der Waals surface area (Å²) >= 11 is 0. The number of amides is 2. The lowest BCUT2D eigenvalue weighted by molar-refractivity contribution is -0.356. The van der Waals surface area contributed by atoms with E-state index in [0.717, 1.165) is 13.8 Å². The van der Waals surface area contributed by atoms with Crippen molar-refractivity contribution in [1.29, 1.82) is 0 Å². The molecule has 0 bridgehead atoms. The number of hydrogen-bond acceptors (Lipinski definition) is 33. The first kappa shape index (κ1) is 72.3. The molecule has 0 aromatic carbocycles. The second-order valence-corrected chi connectivity index (χ2v) is 21.6. The third-order valence-corrected chi connectivity index (χ3v) is 14.5. The van der Waals surface area contributed by atoms with Gasteiger partial charge in [0.15, 0.2) is 41.9 Å². The second kappa shape index (κ2) is 31.8. The predicted octanol–water partition coefficient (Wildman–Crippen LogP) is -9.03. The molecular formula is C50H86N2O33. The quantitative estimate of drug-likeness (QED) is 0.0268. The van der Waals surface area contributed by atoms with Crippen molar-refractivity contribution in [2.45, 2.75) is 245 Å². The van der Waals surface area contributed by atoms with E-state index in [1.165, 1.54) is 20.8 Å². The fourth-order valence-corrected chi connectivity index (χ4v) is 10.1. The summed E-state index contributed by atoms with van der Waals surface area (Å²) in [6.07, 6.45) is -51.0. The number of nitrogens with one attached hydrogen (secondary N) is 2. The Morgan fingerprint density at radius 1 is 0.541 bits per heavy atom. The Balaban J connectivity index is 1.64. The van der Waals surface area contributed by atoms with Gasteiger partial charge >= 0.3 is 0 Å². The van der Waals surface area contributed by atoms with E-state index in [0.29, 0.717) is 0 Å². The van der Waals surface area contributed by atoms with Gasteiger partial charge in [-0.05, 0) is 34.6 Å². The lowest BCUT2D eigenvalue weighted by Crippen LogP contribution is -2.69. The van der Waals surface area contributed by atoms with Gasteiger partial charge in [0.05, 0.1) is 44.2 Å². The second-order valence-electron chi connectivity index (χ2n) is 21.6. The van der Waals surface area contributed by atoms with E-state index in [2.05, 4.69) is 10.6 Å². The summed E-state index contributed by atoms with van der Waals surface area (Å²) in [7, 11) is 0. The van der Waals surface area contributed by atoms with Gasteiger partial charge in [0.25, 0.3) is 0 Å². The zero-order chi connectivity index (χ0) is 63.7. The highest BCUT2D eigenvalue weighted by molar-refractivity contribution is 5.73. The minimum atomic E-state index is -2.79. The van der Waals surface area contributed by atoms with Gasteiger partial charge in [0, 0.05) is 46.3 Å². The molecular weight excluding hydrogens is 1160 g/mol. The Morgan fingerprint density at radius 2 is 1.00 bits per heavy atom. The highest BCUT2D eigenvalue weighted by Gasteiger charge is 2.57. The topological polar surface area (TPSA) is 553 Å². The van der Waals surface area contributed by atoms with Crippen molar-refractivity contribution >= 4 is 11.8 Å². The highest BCUT2D eigenvalue weighted by atomic mass is 16.8. The standard InChI is InChI=1S/C50H86N2O33/c1-16(2)74-45-26(51-20(6)58)39(83-47-33(67)31(65)28(62)18(4)76-47)37(24(13-55)78-45)80-43(71)35(69)36(23(61)9-11-54)82-46-27(52-21(7)59)40(84-49-42(70)50(73,15-57)12-17(3)75-49)38(25(14-56)79-46)81-44(72)41(30(64)22(60)8-10-53)85-48-34(68)32(66)29(63)19(5)77-48/h16-19,22-29,31-34,37-40,42-49,53-57,60-73H,8-15H2,1-7H3,(H,51,58)(H,52,59)/b36-35-,41-30-/t17?,18?,19?,22-,23-,24?,25?,26?,27?,28+,29+,31?,32?,33?,34?,37+,38+,39?,40?,42?,43-,44-,45+,46-,47-,48-,49-,50?/m0/s1. The molecule has 5 saturated heterocycles. The Kier molecular flexibility index (Phi) is 27.1. The molecule has 0 aromatic heterocycles. The van der Waals surface area contributed by atoms with Crippen molar-refractivity contribution in [2.75, 3.05) is 33.0 Å². The molecule has 35 nitrogen and oxygen atoms in total. The molecule has 5 fully saturated rings. The van der Waals surface area contributed by atoms with Crippen LogP contribution in [0.15, 0.2) is 23.0 Å². The third kappa shape index (κ3) is 17.5. The lowest BCUT2D eigenvalue weighted by Gasteiger charge is -2.50. The van der Waals surface area contributed by atoms with E-state index in [1.54, 1.807) is 13.8 Å². The molecule has 5 heterocycles. The van der Waals surface area contributed by atoms with E-state index in [-0.39, 0.29) is 0 Å². The van der Waals surface area contributed by atoms with Crippen molar-refractivity contribution in [3.8, 4) is 0 Å². The number of hydrogen-bond donors (Lipinski definition) is 21. The average Bonchev–Trinajstić information content (AvgIpc) is 2.69. The number of ether oxygens (including phenoxy) is 12. The van der Waals surface area contributed by atoms with Gasteiger partial charge in [-0.2, -0.15) is 0 Å². The van der Waals surface area contributed by atoms with Crippen LogP contribution in [-0.4, -0.2) is 320 Å². The molecule has 494 valence electrons. The van der Waals surface area contributed by atoms with E-state index in [9.17, 15) is 107 Å². The maximum absolute atomic E-state index is 13.3. The number of rotatable bonds is 27. The largest absolute Gasteiger partial charge is 0.506 e. The molecule has 0 radical (unpaired) electrons. The zero-order valence-corrected chi connectivity index (χ0v) is 47.5. The SMILES string of the molecule is CC(=O)NC1C(O[C@@H]2OC(C)CC(O)(CO)C2O)[C@H](O[C@H](O)/C(O[C@@H]2OC(C)[C@@H](O)C(O)C2O)=C(/O)[C@@H](O)CCO)C(CO)O[C@H]1O/C(=C(\O)[C@@H](O)O[C@@H]1C(CO)O[C@@H](OC(C)C)C(NC(C)=O)C1O[C@@H]1OC(C)[C@@H](O)C(O)C1O)[C@@H](O)CCO. The van der Waals surface area contributed by atoms with Crippen molar-refractivity contribution in [1.82, 2.24) is 10.6 Å². The van der Waals surface area contributed by atoms with E-state index in [1.807, 2.05) is 0 Å². The van der Waals surface area contributed by atoms with Crippen LogP contribution >= 0.6 is 0 Å². The van der Waals surface area contributed by atoms with Crippen LogP contribution < -0.4 is 10.6 Å². The normalized spacial score (nSPS) is 41.2. The molecule has 0 aromatic rings. The van der Waals surface area contributed by atoms with Crippen LogP contribution in [0.3, 0.4) is 0 Å². The van der Waals surface area contributed by atoms with Crippen LogP contribution in [-0.2, 0) is 66.4 Å².